The van der Waals surface area contributed by atoms with Gasteiger partial charge in [0.05, 0.1) is 35.5 Å². The molecule has 0 aliphatic carbocycles. The van der Waals surface area contributed by atoms with E-state index in [4.69, 9.17) is 21.1 Å². The van der Waals surface area contributed by atoms with Crippen LogP contribution >= 0.6 is 11.6 Å². The second-order valence-electron chi connectivity index (χ2n) is 6.54. The first-order valence-electron chi connectivity index (χ1n) is 8.54. The van der Waals surface area contributed by atoms with Crippen molar-refractivity contribution in [1.29, 1.82) is 0 Å². The van der Waals surface area contributed by atoms with Gasteiger partial charge in [0.15, 0.2) is 0 Å². The first-order chi connectivity index (χ1) is 12.2. The van der Waals surface area contributed by atoms with Gasteiger partial charge in [0, 0.05) is 18.1 Å². The zero-order valence-corrected chi connectivity index (χ0v) is 14.8. The van der Waals surface area contributed by atoms with E-state index < -0.39 is 0 Å². The van der Waals surface area contributed by atoms with Crippen molar-refractivity contribution in [1.82, 2.24) is 0 Å². The molecule has 1 saturated heterocycles. The lowest BCUT2D eigenvalue weighted by Gasteiger charge is -2.43. The molecule has 2 aromatic rings. The number of anilines is 1. The predicted molar refractivity (Wildman–Crippen MR) is 97.0 cm³/mol. The van der Waals surface area contributed by atoms with Gasteiger partial charge in [0.25, 0.3) is 0 Å². The summed E-state index contributed by atoms with van der Waals surface area (Å²) in [5, 5.41) is 4.32. The molecule has 0 spiro atoms. The van der Waals surface area contributed by atoms with Crippen molar-refractivity contribution in [2.45, 2.75) is 25.0 Å². The molecule has 2 aliphatic rings. The zero-order chi connectivity index (χ0) is 17.4. The van der Waals surface area contributed by atoms with Crippen LogP contribution in [0, 0.1) is 5.92 Å². The van der Waals surface area contributed by atoms with Crippen molar-refractivity contribution in [2.24, 2.45) is 5.92 Å². The highest BCUT2D eigenvalue weighted by molar-refractivity contribution is 6.33. The molecule has 25 heavy (non-hydrogen) atoms. The van der Waals surface area contributed by atoms with Gasteiger partial charge in [0.2, 0.25) is 0 Å². The Hall–Kier alpha value is -2.04. The molecule has 2 unspecified atom stereocenters. The lowest BCUT2D eigenvalue weighted by Crippen LogP contribution is -2.36. The van der Waals surface area contributed by atoms with Crippen LogP contribution in [-0.2, 0) is 9.47 Å². The van der Waals surface area contributed by atoms with Gasteiger partial charge in [-0.15, -0.1) is 0 Å². The summed E-state index contributed by atoms with van der Waals surface area (Å²) in [7, 11) is 1.39. The summed E-state index contributed by atoms with van der Waals surface area (Å²) < 4.78 is 10.9. The minimum atomic E-state index is -0.324. The highest BCUT2D eigenvalue weighted by Gasteiger charge is 2.40. The third kappa shape index (κ3) is 2.90. The minimum absolute atomic E-state index is 0.0500. The van der Waals surface area contributed by atoms with Crippen molar-refractivity contribution in [3.63, 3.8) is 0 Å². The molecule has 0 amide bonds. The van der Waals surface area contributed by atoms with Gasteiger partial charge in [-0.25, -0.2) is 4.79 Å². The Morgan fingerprint density at radius 2 is 2.04 bits per heavy atom. The summed E-state index contributed by atoms with van der Waals surface area (Å²) >= 11 is 6.43. The van der Waals surface area contributed by atoms with Crippen molar-refractivity contribution in [3.05, 3.63) is 64.2 Å². The van der Waals surface area contributed by atoms with Crippen LogP contribution < -0.4 is 5.32 Å². The normalized spacial score (nSPS) is 24.6. The molecule has 0 radical (unpaired) electrons. The molecule has 0 bridgehead atoms. The molecule has 5 heteroatoms. The Labute approximate surface area is 152 Å². The number of rotatable bonds is 2. The number of ether oxygens (including phenoxy) is 2. The Balaban J connectivity index is 1.72. The number of halogens is 1. The average Bonchev–Trinajstić information content (AvgIpc) is 2.67. The fraction of sp³-hybridized carbons (Fsp3) is 0.350. The highest BCUT2D eigenvalue weighted by atomic mass is 35.5. The number of benzene rings is 2. The number of esters is 1. The first kappa shape index (κ1) is 16.4. The SMILES string of the molecule is COC(=O)c1ccc([C@@H]2Nc3c(Cl)cccc3C3OCCCC32)cc1. The molecule has 4 rings (SSSR count). The molecule has 3 atom stereocenters. The number of nitrogens with one attached hydrogen (secondary N) is 1. The van der Waals surface area contributed by atoms with Crippen LogP contribution in [0.4, 0.5) is 5.69 Å². The smallest absolute Gasteiger partial charge is 0.337 e. The van der Waals surface area contributed by atoms with Crippen LogP contribution in [0.15, 0.2) is 42.5 Å². The van der Waals surface area contributed by atoms with Crippen molar-refractivity contribution in [3.8, 4) is 0 Å². The van der Waals surface area contributed by atoms with E-state index in [9.17, 15) is 4.79 Å². The Morgan fingerprint density at radius 3 is 2.80 bits per heavy atom. The van der Waals surface area contributed by atoms with E-state index in [1.54, 1.807) is 0 Å². The fourth-order valence-corrected chi connectivity index (χ4v) is 4.17. The summed E-state index contributed by atoms with van der Waals surface area (Å²) in [5.74, 6) is 0.0131. The summed E-state index contributed by atoms with van der Waals surface area (Å²) in [5.41, 5.74) is 3.77. The van der Waals surface area contributed by atoms with Crippen molar-refractivity contribution < 1.29 is 14.3 Å². The summed E-state index contributed by atoms with van der Waals surface area (Å²) in [4.78, 5) is 11.7. The lowest BCUT2D eigenvalue weighted by molar-refractivity contribution is -0.0381. The van der Waals surface area contributed by atoms with E-state index in [1.165, 1.54) is 7.11 Å². The largest absolute Gasteiger partial charge is 0.465 e. The maximum Gasteiger partial charge on any atom is 0.337 e. The fourth-order valence-electron chi connectivity index (χ4n) is 3.93. The Morgan fingerprint density at radius 1 is 1.24 bits per heavy atom. The van der Waals surface area contributed by atoms with Gasteiger partial charge in [0.1, 0.15) is 0 Å². The quantitative estimate of drug-likeness (QED) is 0.787. The topological polar surface area (TPSA) is 47.6 Å². The van der Waals surface area contributed by atoms with Gasteiger partial charge >= 0.3 is 5.97 Å². The number of para-hydroxylation sites is 1. The maximum atomic E-state index is 11.7. The van der Waals surface area contributed by atoms with Crippen LogP contribution in [0.3, 0.4) is 0 Å². The molecule has 130 valence electrons. The zero-order valence-electron chi connectivity index (χ0n) is 14.0. The van der Waals surface area contributed by atoms with Crippen LogP contribution in [0.5, 0.6) is 0 Å². The number of fused-ring (bicyclic) bond motifs is 3. The average molecular weight is 358 g/mol. The highest BCUT2D eigenvalue weighted by Crippen LogP contribution is 2.50. The van der Waals surface area contributed by atoms with Gasteiger partial charge < -0.3 is 14.8 Å². The molecule has 2 aromatic carbocycles. The van der Waals surface area contributed by atoms with E-state index in [0.29, 0.717) is 16.5 Å². The maximum absolute atomic E-state index is 11.7. The molecule has 4 nitrogen and oxygen atoms in total. The van der Waals surface area contributed by atoms with E-state index in [-0.39, 0.29) is 18.1 Å². The number of hydrogen-bond acceptors (Lipinski definition) is 4. The van der Waals surface area contributed by atoms with Crippen molar-refractivity contribution in [2.75, 3.05) is 19.0 Å². The lowest BCUT2D eigenvalue weighted by atomic mass is 9.77. The second kappa shape index (κ2) is 6.70. The molecule has 2 aliphatic heterocycles. The Bertz CT molecular complexity index is 790. The third-order valence-electron chi connectivity index (χ3n) is 5.14. The van der Waals surface area contributed by atoms with Gasteiger partial charge in [-0.3, -0.25) is 0 Å². The van der Waals surface area contributed by atoms with Crippen LogP contribution in [0.25, 0.3) is 0 Å². The second-order valence-corrected chi connectivity index (χ2v) is 6.94. The summed E-state index contributed by atoms with van der Waals surface area (Å²) in [6.07, 6.45) is 2.19. The number of carbonyl (C=O) groups excluding carboxylic acids is 1. The van der Waals surface area contributed by atoms with Gasteiger partial charge in [-0.2, -0.15) is 0 Å². The van der Waals surface area contributed by atoms with Crippen molar-refractivity contribution >= 4 is 23.3 Å². The van der Waals surface area contributed by atoms with E-state index >= 15 is 0 Å². The summed E-state index contributed by atoms with van der Waals surface area (Å²) in [6.45, 7) is 0.779. The molecule has 1 N–H and O–H groups in total. The molecule has 0 saturated carbocycles. The van der Waals surface area contributed by atoms with E-state index in [2.05, 4.69) is 11.4 Å². The monoisotopic (exact) mass is 357 g/mol. The molecule has 0 aromatic heterocycles. The molecular weight excluding hydrogens is 338 g/mol. The van der Waals surface area contributed by atoms with E-state index in [0.717, 1.165) is 36.3 Å². The molecule has 2 heterocycles. The third-order valence-corrected chi connectivity index (χ3v) is 5.45. The van der Waals surface area contributed by atoms with Crippen LogP contribution in [0.2, 0.25) is 5.02 Å². The van der Waals surface area contributed by atoms with Gasteiger partial charge in [-0.1, -0.05) is 35.9 Å². The summed E-state index contributed by atoms with van der Waals surface area (Å²) in [6, 6.07) is 13.7. The minimum Gasteiger partial charge on any atom is -0.465 e. The van der Waals surface area contributed by atoms with E-state index in [1.807, 2.05) is 36.4 Å². The number of carbonyl (C=O) groups is 1. The number of hydrogen-bond donors (Lipinski definition) is 1. The van der Waals surface area contributed by atoms with Gasteiger partial charge in [-0.05, 0) is 36.6 Å². The van der Waals surface area contributed by atoms with Crippen LogP contribution in [-0.4, -0.2) is 19.7 Å². The van der Waals surface area contributed by atoms with Crippen LogP contribution in [0.1, 0.15) is 46.5 Å². The molecular formula is C20H20ClNO3. The first-order valence-corrected chi connectivity index (χ1v) is 8.91. The molecule has 1 fully saturated rings. The Kier molecular flexibility index (Phi) is 4.40. The standard InChI is InChI=1S/C20H20ClNO3/c1-24-20(23)13-9-7-12(8-10-13)17-14-5-3-11-25-19(14)15-4-2-6-16(21)18(15)22-17/h2,4,6-10,14,17,19,22H,3,5,11H2,1H3/t14?,17-,19?/m0/s1. The predicted octanol–water partition coefficient (Wildman–Crippen LogP) is 4.76. The number of methoxy groups -OCH3 is 1.